The highest BCUT2D eigenvalue weighted by Gasteiger charge is 2.42. The Labute approximate surface area is 122 Å². The van der Waals surface area contributed by atoms with Crippen LogP contribution in [0.15, 0.2) is 24.3 Å². The first-order chi connectivity index (χ1) is 9.45. The quantitative estimate of drug-likeness (QED) is 0.892. The largest absolute Gasteiger partial charge is 0.379 e. The van der Waals surface area contributed by atoms with Gasteiger partial charge in [-0.05, 0) is 36.5 Å². The number of anilines is 1. The molecule has 0 heterocycles. The second-order valence-electron chi connectivity index (χ2n) is 6.51. The molecule has 0 aromatic heterocycles. The van der Waals surface area contributed by atoms with Gasteiger partial charge in [0, 0.05) is 19.4 Å². The van der Waals surface area contributed by atoms with E-state index in [1.165, 1.54) is 5.56 Å². The first-order valence-electron chi connectivity index (χ1n) is 7.47. The molecule has 0 amide bonds. The third-order valence-corrected chi connectivity index (χ3v) is 4.01. The summed E-state index contributed by atoms with van der Waals surface area (Å²) >= 11 is 0. The summed E-state index contributed by atoms with van der Waals surface area (Å²) in [6.07, 6.45) is 1.39. The Hall–Kier alpha value is -1.06. The molecule has 3 atom stereocenters. The first kappa shape index (κ1) is 15.3. The molecule has 1 saturated carbocycles. The van der Waals surface area contributed by atoms with Crippen molar-refractivity contribution < 1.29 is 9.47 Å². The summed E-state index contributed by atoms with van der Waals surface area (Å²) in [5, 5.41) is 3.54. The van der Waals surface area contributed by atoms with Gasteiger partial charge in [-0.15, -0.1) is 0 Å². The molecular weight excluding hydrogens is 250 g/mol. The SMILES string of the molecule is CCOC1CC(Nc2ccc(C(C)(C)C)cc2)C1OC. The van der Waals surface area contributed by atoms with Crippen molar-refractivity contribution in [3.8, 4) is 0 Å². The molecule has 1 aliphatic carbocycles. The van der Waals surface area contributed by atoms with Crippen LogP contribution >= 0.6 is 0 Å². The van der Waals surface area contributed by atoms with Crippen LogP contribution in [0.5, 0.6) is 0 Å². The van der Waals surface area contributed by atoms with Gasteiger partial charge in [-0.25, -0.2) is 0 Å². The van der Waals surface area contributed by atoms with Gasteiger partial charge in [0.25, 0.3) is 0 Å². The highest BCUT2D eigenvalue weighted by atomic mass is 16.5. The zero-order chi connectivity index (χ0) is 14.8. The lowest BCUT2D eigenvalue weighted by molar-refractivity contribution is -0.118. The fourth-order valence-electron chi connectivity index (χ4n) is 2.70. The molecule has 20 heavy (non-hydrogen) atoms. The van der Waals surface area contributed by atoms with Gasteiger partial charge in [0.2, 0.25) is 0 Å². The van der Waals surface area contributed by atoms with Crippen molar-refractivity contribution in [1.82, 2.24) is 0 Å². The van der Waals surface area contributed by atoms with Crippen LogP contribution in [0.2, 0.25) is 0 Å². The first-order valence-corrected chi connectivity index (χ1v) is 7.47. The molecular formula is C17H27NO2. The van der Waals surface area contributed by atoms with Crippen molar-refractivity contribution in [3.05, 3.63) is 29.8 Å². The van der Waals surface area contributed by atoms with E-state index < -0.39 is 0 Å². The van der Waals surface area contributed by atoms with Crippen LogP contribution in [0, 0.1) is 0 Å². The van der Waals surface area contributed by atoms with Crippen molar-refractivity contribution in [1.29, 1.82) is 0 Å². The van der Waals surface area contributed by atoms with Crippen molar-refractivity contribution in [2.24, 2.45) is 0 Å². The highest BCUT2D eigenvalue weighted by Crippen LogP contribution is 2.30. The minimum Gasteiger partial charge on any atom is -0.379 e. The summed E-state index contributed by atoms with van der Waals surface area (Å²) in [6.45, 7) is 9.47. The Morgan fingerprint density at radius 3 is 2.35 bits per heavy atom. The summed E-state index contributed by atoms with van der Waals surface area (Å²) < 4.78 is 11.2. The molecule has 3 unspecified atom stereocenters. The summed E-state index contributed by atoms with van der Waals surface area (Å²) in [5.74, 6) is 0. The molecule has 1 aromatic carbocycles. The number of ether oxygens (including phenoxy) is 2. The Morgan fingerprint density at radius 1 is 1.20 bits per heavy atom. The summed E-state index contributed by atoms with van der Waals surface area (Å²) in [7, 11) is 1.76. The topological polar surface area (TPSA) is 30.5 Å². The lowest BCUT2D eigenvalue weighted by Crippen LogP contribution is -2.56. The molecule has 1 fully saturated rings. The number of nitrogens with one attached hydrogen (secondary N) is 1. The highest BCUT2D eigenvalue weighted by molar-refractivity contribution is 5.47. The Morgan fingerprint density at radius 2 is 1.85 bits per heavy atom. The fraction of sp³-hybridized carbons (Fsp3) is 0.647. The van der Waals surface area contributed by atoms with Crippen LogP contribution in [0.25, 0.3) is 0 Å². The van der Waals surface area contributed by atoms with Crippen molar-refractivity contribution in [2.75, 3.05) is 19.0 Å². The van der Waals surface area contributed by atoms with Gasteiger partial charge < -0.3 is 14.8 Å². The summed E-state index contributed by atoms with van der Waals surface area (Å²) in [6, 6.07) is 9.05. The van der Waals surface area contributed by atoms with Crippen LogP contribution in [-0.4, -0.2) is 32.0 Å². The van der Waals surface area contributed by atoms with Gasteiger partial charge in [-0.3, -0.25) is 0 Å². The molecule has 1 aromatic rings. The zero-order valence-corrected chi connectivity index (χ0v) is 13.3. The Bertz CT molecular complexity index is 422. The van der Waals surface area contributed by atoms with E-state index >= 15 is 0 Å². The smallest absolute Gasteiger partial charge is 0.103 e. The number of hydrogen-bond acceptors (Lipinski definition) is 3. The number of hydrogen-bond donors (Lipinski definition) is 1. The van der Waals surface area contributed by atoms with Gasteiger partial charge in [0.05, 0.1) is 12.1 Å². The van der Waals surface area contributed by atoms with Gasteiger partial charge in [0.1, 0.15) is 6.10 Å². The predicted octanol–water partition coefficient (Wildman–Crippen LogP) is 3.59. The predicted molar refractivity (Wildman–Crippen MR) is 83.4 cm³/mol. The molecule has 1 aliphatic rings. The van der Waals surface area contributed by atoms with Crippen LogP contribution in [0.3, 0.4) is 0 Å². The van der Waals surface area contributed by atoms with Crippen molar-refractivity contribution >= 4 is 5.69 Å². The molecule has 112 valence electrons. The Balaban J connectivity index is 1.94. The minimum absolute atomic E-state index is 0.150. The molecule has 3 nitrogen and oxygen atoms in total. The van der Waals surface area contributed by atoms with E-state index in [-0.39, 0.29) is 17.6 Å². The number of benzene rings is 1. The van der Waals surface area contributed by atoms with Gasteiger partial charge >= 0.3 is 0 Å². The van der Waals surface area contributed by atoms with E-state index in [1.807, 2.05) is 6.92 Å². The monoisotopic (exact) mass is 277 g/mol. The molecule has 0 spiro atoms. The standard InChI is InChI=1S/C17H27NO2/c1-6-20-15-11-14(16(15)19-5)18-13-9-7-12(8-10-13)17(2,3)4/h7-10,14-16,18H,6,11H2,1-5H3. The maximum atomic E-state index is 5.65. The molecule has 0 radical (unpaired) electrons. The fourth-order valence-corrected chi connectivity index (χ4v) is 2.70. The van der Waals surface area contributed by atoms with Gasteiger partial charge in [-0.2, -0.15) is 0 Å². The molecule has 0 aliphatic heterocycles. The number of methoxy groups -OCH3 is 1. The molecule has 0 bridgehead atoms. The normalized spacial score (nSPS) is 26.1. The summed E-state index contributed by atoms with van der Waals surface area (Å²) in [4.78, 5) is 0. The van der Waals surface area contributed by atoms with Gasteiger partial charge in [-0.1, -0.05) is 32.9 Å². The van der Waals surface area contributed by atoms with E-state index in [0.29, 0.717) is 6.04 Å². The molecule has 2 rings (SSSR count). The van der Waals surface area contributed by atoms with Gasteiger partial charge in [0.15, 0.2) is 0 Å². The number of rotatable bonds is 5. The Kier molecular flexibility index (Phi) is 4.71. The second kappa shape index (κ2) is 6.15. The maximum absolute atomic E-state index is 5.65. The van der Waals surface area contributed by atoms with E-state index in [2.05, 4.69) is 50.4 Å². The lowest BCUT2D eigenvalue weighted by Gasteiger charge is -2.43. The third-order valence-electron chi connectivity index (χ3n) is 4.01. The van der Waals surface area contributed by atoms with Crippen LogP contribution in [0.4, 0.5) is 5.69 Å². The van der Waals surface area contributed by atoms with E-state index in [0.717, 1.165) is 18.7 Å². The van der Waals surface area contributed by atoms with Crippen LogP contribution in [0.1, 0.15) is 39.7 Å². The van der Waals surface area contributed by atoms with Crippen LogP contribution in [-0.2, 0) is 14.9 Å². The summed E-state index contributed by atoms with van der Waals surface area (Å²) in [5.41, 5.74) is 2.71. The van der Waals surface area contributed by atoms with E-state index in [4.69, 9.17) is 9.47 Å². The second-order valence-corrected chi connectivity index (χ2v) is 6.51. The minimum atomic E-state index is 0.150. The van der Waals surface area contributed by atoms with Crippen LogP contribution < -0.4 is 5.32 Å². The average Bonchev–Trinajstić information content (AvgIpc) is 2.37. The molecule has 3 heteroatoms. The van der Waals surface area contributed by atoms with E-state index in [1.54, 1.807) is 7.11 Å². The third kappa shape index (κ3) is 3.33. The molecule has 1 N–H and O–H groups in total. The molecule has 0 saturated heterocycles. The average molecular weight is 277 g/mol. The zero-order valence-electron chi connectivity index (χ0n) is 13.3. The lowest BCUT2D eigenvalue weighted by atomic mass is 9.84. The maximum Gasteiger partial charge on any atom is 0.103 e. The van der Waals surface area contributed by atoms with E-state index in [9.17, 15) is 0 Å². The van der Waals surface area contributed by atoms with Crippen molar-refractivity contribution in [3.63, 3.8) is 0 Å². The van der Waals surface area contributed by atoms with Crippen molar-refractivity contribution in [2.45, 2.75) is 57.8 Å².